The lowest BCUT2D eigenvalue weighted by Gasteiger charge is -2.22. The first kappa shape index (κ1) is 17.7. The minimum absolute atomic E-state index is 0.183. The molecular formula is C15H23N3O4S. The normalized spacial score (nSPS) is 19.2. The second kappa shape index (κ2) is 7.27. The van der Waals surface area contributed by atoms with E-state index in [0.29, 0.717) is 13.0 Å². The van der Waals surface area contributed by atoms with Gasteiger partial charge in [-0.3, -0.25) is 9.48 Å². The number of nitrogens with one attached hydrogen (secondary N) is 1. The van der Waals surface area contributed by atoms with E-state index in [1.165, 1.54) is 6.08 Å². The Morgan fingerprint density at radius 2 is 2.17 bits per heavy atom. The van der Waals surface area contributed by atoms with Crippen LogP contribution in [0.15, 0.2) is 6.08 Å². The number of aryl methyl sites for hydroxylation is 2. The molecule has 1 saturated heterocycles. The van der Waals surface area contributed by atoms with E-state index in [0.717, 1.165) is 29.8 Å². The van der Waals surface area contributed by atoms with Crippen LogP contribution in [0, 0.1) is 13.8 Å². The summed E-state index contributed by atoms with van der Waals surface area (Å²) in [7, 11) is -1.88. The molecule has 1 aromatic heterocycles. The number of hydrogen-bond donors (Lipinski definition) is 1. The van der Waals surface area contributed by atoms with E-state index in [1.807, 2.05) is 20.9 Å². The quantitative estimate of drug-likeness (QED) is 0.809. The van der Waals surface area contributed by atoms with Gasteiger partial charge in [-0.2, -0.15) is 5.10 Å². The van der Waals surface area contributed by atoms with E-state index in [9.17, 15) is 13.2 Å². The van der Waals surface area contributed by atoms with Crippen LogP contribution in [0.5, 0.6) is 0 Å². The highest BCUT2D eigenvalue weighted by Crippen LogP contribution is 2.15. The number of aromatic nitrogens is 2. The molecule has 1 amide bonds. The molecule has 0 radical (unpaired) electrons. The van der Waals surface area contributed by atoms with Crippen molar-refractivity contribution in [3.63, 3.8) is 0 Å². The van der Waals surface area contributed by atoms with Crippen LogP contribution in [0.4, 0.5) is 0 Å². The second-order valence-corrected chi connectivity index (χ2v) is 7.54. The number of amides is 1. The van der Waals surface area contributed by atoms with Gasteiger partial charge in [0.05, 0.1) is 17.6 Å². The summed E-state index contributed by atoms with van der Waals surface area (Å²) in [6.07, 6.45) is 5.08. The Balaban J connectivity index is 1.96. The Morgan fingerprint density at radius 3 is 2.74 bits per heavy atom. The Kier molecular flexibility index (Phi) is 5.59. The molecule has 1 atom stereocenters. The van der Waals surface area contributed by atoms with Crippen molar-refractivity contribution >= 4 is 22.0 Å². The van der Waals surface area contributed by atoms with Crippen LogP contribution >= 0.6 is 0 Å². The molecule has 1 aliphatic heterocycles. The van der Waals surface area contributed by atoms with Crippen molar-refractivity contribution < 1.29 is 17.9 Å². The molecule has 2 rings (SSSR count). The molecule has 7 nitrogen and oxygen atoms in total. The number of carbonyl (C=O) groups is 1. The number of ether oxygens (including phenoxy) is 1. The highest BCUT2D eigenvalue weighted by molar-refractivity contribution is 7.90. The van der Waals surface area contributed by atoms with E-state index in [4.69, 9.17) is 4.74 Å². The third-order valence-corrected chi connectivity index (χ3v) is 5.22. The summed E-state index contributed by atoms with van der Waals surface area (Å²) < 4.78 is 33.2. The number of sulfonamides is 1. The molecule has 128 valence electrons. The predicted molar refractivity (Wildman–Crippen MR) is 87.2 cm³/mol. The molecule has 0 aromatic carbocycles. The molecule has 1 aromatic rings. The zero-order chi connectivity index (χ0) is 17.0. The monoisotopic (exact) mass is 341 g/mol. The molecular weight excluding hydrogens is 318 g/mol. The van der Waals surface area contributed by atoms with Crippen LogP contribution in [-0.4, -0.2) is 42.6 Å². The lowest BCUT2D eigenvalue weighted by molar-refractivity contribution is -0.114. The van der Waals surface area contributed by atoms with Gasteiger partial charge in [0.25, 0.3) is 5.91 Å². The summed E-state index contributed by atoms with van der Waals surface area (Å²) in [4.78, 5) is 11.9. The third-order valence-electron chi connectivity index (χ3n) is 3.90. The predicted octanol–water partition coefficient (Wildman–Crippen LogP) is 1.07. The fourth-order valence-corrected chi connectivity index (χ4v) is 3.81. The van der Waals surface area contributed by atoms with Gasteiger partial charge in [0, 0.05) is 31.0 Å². The molecule has 1 N–H and O–H groups in total. The molecule has 0 spiro atoms. The molecule has 0 bridgehead atoms. The molecule has 8 heteroatoms. The smallest absolute Gasteiger partial charge is 0.257 e. The van der Waals surface area contributed by atoms with Crippen molar-refractivity contribution in [2.75, 3.05) is 12.4 Å². The lowest BCUT2D eigenvalue weighted by Crippen LogP contribution is -2.37. The van der Waals surface area contributed by atoms with Gasteiger partial charge in [0.15, 0.2) is 0 Å². The van der Waals surface area contributed by atoms with E-state index >= 15 is 0 Å². The van der Waals surface area contributed by atoms with Crippen molar-refractivity contribution in [2.45, 2.75) is 39.2 Å². The van der Waals surface area contributed by atoms with E-state index in [2.05, 4.69) is 9.82 Å². The zero-order valence-electron chi connectivity index (χ0n) is 13.7. The Morgan fingerprint density at radius 1 is 1.43 bits per heavy atom. The molecule has 0 saturated carbocycles. The van der Waals surface area contributed by atoms with Crippen LogP contribution in [0.1, 0.15) is 36.2 Å². The highest BCUT2D eigenvalue weighted by atomic mass is 32.2. The number of rotatable bonds is 5. The van der Waals surface area contributed by atoms with Crippen LogP contribution in [-0.2, 0) is 26.6 Å². The average Bonchev–Trinajstić information content (AvgIpc) is 2.70. The molecule has 0 aliphatic carbocycles. The zero-order valence-corrected chi connectivity index (χ0v) is 14.5. The third kappa shape index (κ3) is 4.90. The first-order valence-corrected chi connectivity index (χ1v) is 9.28. The Hall–Kier alpha value is -1.67. The van der Waals surface area contributed by atoms with E-state index in [1.54, 1.807) is 10.8 Å². The Labute approximate surface area is 136 Å². The topological polar surface area (TPSA) is 90.3 Å². The van der Waals surface area contributed by atoms with Gasteiger partial charge < -0.3 is 4.74 Å². The molecule has 2 heterocycles. The minimum atomic E-state index is -3.70. The average molecular weight is 341 g/mol. The fraction of sp³-hybridized carbons (Fsp3) is 0.600. The minimum Gasteiger partial charge on any atom is -0.377 e. The molecule has 23 heavy (non-hydrogen) atoms. The summed E-state index contributed by atoms with van der Waals surface area (Å²) in [6, 6.07) is 0. The number of carbonyl (C=O) groups excluding carboxylic acids is 1. The SMILES string of the molecule is Cc1nn(C)c(C)c1/C=C/C(=O)NS(=O)(=O)CC1CCCCO1. The van der Waals surface area contributed by atoms with Gasteiger partial charge in [-0.25, -0.2) is 13.1 Å². The second-order valence-electron chi connectivity index (χ2n) is 5.78. The molecule has 1 unspecified atom stereocenters. The fourth-order valence-electron chi connectivity index (χ4n) is 2.60. The van der Waals surface area contributed by atoms with Gasteiger partial charge in [-0.1, -0.05) is 0 Å². The highest BCUT2D eigenvalue weighted by Gasteiger charge is 2.23. The summed E-state index contributed by atoms with van der Waals surface area (Å²) in [5, 5.41) is 4.24. The van der Waals surface area contributed by atoms with Crippen molar-refractivity contribution in [3.8, 4) is 0 Å². The number of nitrogens with zero attached hydrogens (tertiary/aromatic N) is 2. The largest absolute Gasteiger partial charge is 0.377 e. The summed E-state index contributed by atoms with van der Waals surface area (Å²) in [5.74, 6) is -0.846. The maximum absolute atomic E-state index is 12.0. The van der Waals surface area contributed by atoms with Gasteiger partial charge in [-0.05, 0) is 39.2 Å². The first-order chi connectivity index (χ1) is 10.8. The van der Waals surface area contributed by atoms with Crippen molar-refractivity contribution in [3.05, 3.63) is 23.0 Å². The molecule has 1 fully saturated rings. The molecule has 1 aliphatic rings. The van der Waals surface area contributed by atoms with Gasteiger partial charge >= 0.3 is 0 Å². The van der Waals surface area contributed by atoms with Crippen LogP contribution in [0.25, 0.3) is 6.08 Å². The van der Waals surface area contributed by atoms with Crippen molar-refractivity contribution in [2.24, 2.45) is 7.05 Å². The van der Waals surface area contributed by atoms with Gasteiger partial charge in [0.1, 0.15) is 0 Å². The van der Waals surface area contributed by atoms with Gasteiger partial charge in [0.2, 0.25) is 10.0 Å². The van der Waals surface area contributed by atoms with Crippen LogP contribution < -0.4 is 4.72 Å². The first-order valence-electron chi connectivity index (χ1n) is 7.63. The van der Waals surface area contributed by atoms with Crippen molar-refractivity contribution in [1.82, 2.24) is 14.5 Å². The van der Waals surface area contributed by atoms with Crippen LogP contribution in [0.3, 0.4) is 0 Å². The standard InChI is InChI=1S/C15H23N3O4S/c1-11-14(12(2)18(3)16-11)7-8-15(19)17-23(20,21)10-13-6-4-5-9-22-13/h7-8,13H,4-6,9-10H2,1-3H3,(H,17,19)/b8-7+. The summed E-state index contributed by atoms with van der Waals surface area (Å²) >= 11 is 0. The number of hydrogen-bond acceptors (Lipinski definition) is 5. The van der Waals surface area contributed by atoms with Crippen LogP contribution in [0.2, 0.25) is 0 Å². The lowest BCUT2D eigenvalue weighted by atomic mass is 10.1. The maximum Gasteiger partial charge on any atom is 0.257 e. The summed E-state index contributed by atoms with van der Waals surface area (Å²) in [5.41, 5.74) is 2.51. The van der Waals surface area contributed by atoms with Crippen molar-refractivity contribution in [1.29, 1.82) is 0 Å². The van der Waals surface area contributed by atoms with Gasteiger partial charge in [-0.15, -0.1) is 0 Å². The van der Waals surface area contributed by atoms with E-state index < -0.39 is 15.9 Å². The Bertz CT molecular complexity index is 701. The maximum atomic E-state index is 12.0. The summed E-state index contributed by atoms with van der Waals surface area (Å²) in [6.45, 7) is 4.30. The van der Waals surface area contributed by atoms with E-state index in [-0.39, 0.29) is 11.9 Å².